The highest BCUT2D eigenvalue weighted by Crippen LogP contribution is 2.16. The van der Waals surface area contributed by atoms with E-state index in [-0.39, 0.29) is 12.1 Å². The first-order chi connectivity index (χ1) is 8.38. The molecule has 7 heteroatoms. The van der Waals surface area contributed by atoms with Crippen LogP contribution in [-0.2, 0) is 10.0 Å². The van der Waals surface area contributed by atoms with Crippen molar-refractivity contribution in [3.8, 4) is 0 Å². The topological polar surface area (TPSA) is 83.5 Å². The van der Waals surface area contributed by atoms with Gasteiger partial charge in [0, 0.05) is 6.54 Å². The first-order valence-corrected chi connectivity index (χ1v) is 6.89. The third-order valence-corrected chi connectivity index (χ3v) is 3.77. The molecule has 0 unspecified atom stereocenters. The van der Waals surface area contributed by atoms with Gasteiger partial charge in [-0.1, -0.05) is 13.3 Å². The van der Waals surface area contributed by atoms with Gasteiger partial charge < -0.3 is 5.11 Å². The summed E-state index contributed by atoms with van der Waals surface area (Å²) < 4.78 is 39.2. The molecule has 0 fully saturated rings. The molecule has 0 aliphatic carbocycles. The lowest BCUT2D eigenvalue weighted by Gasteiger charge is -2.07. The number of carboxylic acid groups (broad SMARTS) is 1. The summed E-state index contributed by atoms with van der Waals surface area (Å²) in [6.07, 6.45) is 1.42. The van der Waals surface area contributed by atoms with Gasteiger partial charge in [-0.15, -0.1) is 0 Å². The molecule has 0 bridgehead atoms. The van der Waals surface area contributed by atoms with E-state index in [0.29, 0.717) is 6.42 Å². The average molecular weight is 275 g/mol. The first kappa shape index (κ1) is 14.6. The van der Waals surface area contributed by atoms with Crippen LogP contribution in [0.2, 0.25) is 0 Å². The molecule has 1 rings (SSSR count). The van der Waals surface area contributed by atoms with Crippen molar-refractivity contribution in [1.82, 2.24) is 4.72 Å². The molecule has 100 valence electrons. The number of hydrogen-bond acceptors (Lipinski definition) is 3. The van der Waals surface area contributed by atoms with Crippen LogP contribution in [0.25, 0.3) is 0 Å². The minimum Gasteiger partial charge on any atom is -0.478 e. The van der Waals surface area contributed by atoms with E-state index in [0.717, 1.165) is 24.6 Å². The zero-order chi connectivity index (χ0) is 13.8. The van der Waals surface area contributed by atoms with Crippen LogP contribution in [0, 0.1) is 5.82 Å². The van der Waals surface area contributed by atoms with Crippen LogP contribution in [0.5, 0.6) is 0 Å². The Bertz CT molecular complexity index is 542. The fourth-order valence-corrected chi connectivity index (χ4v) is 2.48. The van der Waals surface area contributed by atoms with Crippen molar-refractivity contribution in [1.29, 1.82) is 0 Å². The molecule has 0 spiro atoms. The molecule has 0 heterocycles. The van der Waals surface area contributed by atoms with Gasteiger partial charge in [0.25, 0.3) is 0 Å². The Morgan fingerprint density at radius 1 is 1.44 bits per heavy atom. The van der Waals surface area contributed by atoms with Gasteiger partial charge in [-0.2, -0.15) is 0 Å². The highest BCUT2D eigenvalue weighted by Gasteiger charge is 2.20. The number of benzene rings is 1. The Labute approximate surface area is 105 Å². The van der Waals surface area contributed by atoms with E-state index in [9.17, 15) is 17.6 Å². The van der Waals surface area contributed by atoms with Crippen LogP contribution in [0.3, 0.4) is 0 Å². The first-order valence-electron chi connectivity index (χ1n) is 5.41. The van der Waals surface area contributed by atoms with Gasteiger partial charge in [-0.05, 0) is 24.6 Å². The van der Waals surface area contributed by atoms with E-state index in [1.165, 1.54) is 0 Å². The Balaban J connectivity index is 3.07. The SMILES string of the molecule is CCCCNS(=O)(=O)c1cc(C(=O)O)ccc1F. The molecule has 5 nitrogen and oxygen atoms in total. The molecule has 0 saturated carbocycles. The summed E-state index contributed by atoms with van der Waals surface area (Å²) in [5, 5.41) is 8.74. The zero-order valence-electron chi connectivity index (χ0n) is 9.81. The maximum absolute atomic E-state index is 13.4. The fourth-order valence-electron chi connectivity index (χ4n) is 1.30. The maximum atomic E-state index is 13.4. The largest absolute Gasteiger partial charge is 0.478 e. The van der Waals surface area contributed by atoms with E-state index < -0.39 is 26.7 Å². The molecule has 1 aromatic rings. The van der Waals surface area contributed by atoms with Gasteiger partial charge in [0.1, 0.15) is 10.7 Å². The second-order valence-electron chi connectivity index (χ2n) is 3.70. The summed E-state index contributed by atoms with van der Waals surface area (Å²) in [4.78, 5) is 10.1. The summed E-state index contributed by atoms with van der Waals surface area (Å²) in [5.41, 5.74) is -0.271. The van der Waals surface area contributed by atoms with Crippen LogP contribution in [0.15, 0.2) is 23.1 Å². The van der Waals surface area contributed by atoms with Crippen molar-refractivity contribution in [2.75, 3.05) is 6.54 Å². The Hall–Kier alpha value is -1.47. The number of unbranched alkanes of at least 4 members (excludes halogenated alkanes) is 1. The Morgan fingerprint density at radius 2 is 2.11 bits per heavy atom. The van der Waals surface area contributed by atoms with Gasteiger partial charge in [0.05, 0.1) is 5.56 Å². The summed E-state index contributed by atoms with van der Waals surface area (Å²) in [7, 11) is -4.01. The van der Waals surface area contributed by atoms with Crippen LogP contribution < -0.4 is 4.72 Å². The number of nitrogens with one attached hydrogen (secondary N) is 1. The molecule has 0 atom stereocenters. The lowest BCUT2D eigenvalue weighted by Crippen LogP contribution is -2.25. The van der Waals surface area contributed by atoms with E-state index in [2.05, 4.69) is 4.72 Å². The molecule has 0 amide bonds. The van der Waals surface area contributed by atoms with Crippen molar-refractivity contribution in [2.24, 2.45) is 0 Å². The molecule has 0 radical (unpaired) electrons. The van der Waals surface area contributed by atoms with Crippen molar-refractivity contribution in [3.05, 3.63) is 29.6 Å². The second-order valence-corrected chi connectivity index (χ2v) is 5.44. The molecular formula is C11H14FNO4S. The molecule has 0 aromatic heterocycles. The van der Waals surface area contributed by atoms with Crippen LogP contribution >= 0.6 is 0 Å². The average Bonchev–Trinajstić information content (AvgIpc) is 2.29. The highest BCUT2D eigenvalue weighted by atomic mass is 32.2. The summed E-state index contributed by atoms with van der Waals surface area (Å²) in [6, 6.07) is 2.66. The standard InChI is InChI=1S/C11H14FNO4S/c1-2-3-6-13-18(16,17)10-7-8(11(14)15)4-5-9(10)12/h4-5,7,13H,2-3,6H2,1H3,(H,14,15). The third-order valence-electron chi connectivity index (χ3n) is 2.29. The van der Waals surface area contributed by atoms with Crippen molar-refractivity contribution in [3.63, 3.8) is 0 Å². The molecule has 0 aliphatic heterocycles. The van der Waals surface area contributed by atoms with Gasteiger partial charge in [-0.3, -0.25) is 0 Å². The molecule has 2 N–H and O–H groups in total. The van der Waals surface area contributed by atoms with E-state index in [1.54, 1.807) is 0 Å². The fraction of sp³-hybridized carbons (Fsp3) is 0.364. The van der Waals surface area contributed by atoms with E-state index in [1.807, 2.05) is 6.92 Å². The monoisotopic (exact) mass is 275 g/mol. The number of halogens is 1. The Morgan fingerprint density at radius 3 is 2.67 bits per heavy atom. The van der Waals surface area contributed by atoms with Gasteiger partial charge >= 0.3 is 5.97 Å². The van der Waals surface area contributed by atoms with Crippen molar-refractivity contribution in [2.45, 2.75) is 24.7 Å². The smallest absolute Gasteiger partial charge is 0.335 e. The molecule has 18 heavy (non-hydrogen) atoms. The van der Waals surface area contributed by atoms with Gasteiger partial charge in [0.2, 0.25) is 10.0 Å². The number of hydrogen-bond donors (Lipinski definition) is 2. The summed E-state index contributed by atoms with van der Waals surface area (Å²) in [5.74, 6) is -2.27. The quantitative estimate of drug-likeness (QED) is 0.772. The molecule has 0 saturated heterocycles. The minimum absolute atomic E-state index is 0.190. The number of sulfonamides is 1. The van der Waals surface area contributed by atoms with Gasteiger partial charge in [0.15, 0.2) is 0 Å². The van der Waals surface area contributed by atoms with Crippen LogP contribution in [0.4, 0.5) is 4.39 Å². The minimum atomic E-state index is -4.01. The van der Waals surface area contributed by atoms with Crippen molar-refractivity contribution < 1.29 is 22.7 Å². The molecular weight excluding hydrogens is 261 g/mol. The van der Waals surface area contributed by atoms with Crippen LogP contribution in [-0.4, -0.2) is 26.0 Å². The van der Waals surface area contributed by atoms with Crippen molar-refractivity contribution >= 4 is 16.0 Å². The van der Waals surface area contributed by atoms with Gasteiger partial charge in [-0.25, -0.2) is 22.3 Å². The Kier molecular flexibility index (Phi) is 4.80. The second kappa shape index (κ2) is 5.92. The normalized spacial score (nSPS) is 11.4. The highest BCUT2D eigenvalue weighted by molar-refractivity contribution is 7.89. The number of carboxylic acids is 1. The lowest BCUT2D eigenvalue weighted by atomic mass is 10.2. The predicted octanol–water partition coefficient (Wildman–Crippen LogP) is 1.60. The zero-order valence-corrected chi connectivity index (χ0v) is 10.6. The maximum Gasteiger partial charge on any atom is 0.335 e. The molecule has 1 aromatic carbocycles. The summed E-state index contributed by atoms with van der Waals surface area (Å²) >= 11 is 0. The van der Waals surface area contributed by atoms with Crippen LogP contribution in [0.1, 0.15) is 30.1 Å². The summed E-state index contributed by atoms with van der Waals surface area (Å²) in [6.45, 7) is 2.08. The van der Waals surface area contributed by atoms with E-state index in [4.69, 9.17) is 5.11 Å². The predicted molar refractivity (Wildman–Crippen MR) is 63.5 cm³/mol. The van der Waals surface area contributed by atoms with E-state index >= 15 is 0 Å². The number of rotatable bonds is 6. The molecule has 0 aliphatic rings. The number of carbonyl (C=O) groups is 1. The lowest BCUT2D eigenvalue weighted by molar-refractivity contribution is 0.0696. The number of aromatic carboxylic acids is 1. The third kappa shape index (κ3) is 3.51.